The zero-order chi connectivity index (χ0) is 28.4. The van der Waals surface area contributed by atoms with Gasteiger partial charge < -0.3 is 39.8 Å². The van der Waals surface area contributed by atoms with Crippen LogP contribution in [0.2, 0.25) is 0 Å². The molecule has 1 aromatic heterocycles. The highest BCUT2D eigenvalue weighted by atomic mass is 16.5. The summed E-state index contributed by atoms with van der Waals surface area (Å²) in [5.41, 5.74) is -1.64. The van der Waals surface area contributed by atoms with E-state index in [0.717, 1.165) is 0 Å². The number of aliphatic hydroxyl groups is 3. The van der Waals surface area contributed by atoms with Gasteiger partial charge >= 0.3 is 0 Å². The van der Waals surface area contributed by atoms with E-state index >= 15 is 0 Å². The van der Waals surface area contributed by atoms with Gasteiger partial charge in [0.2, 0.25) is 5.43 Å². The monoisotopic (exact) mass is 530 g/mol. The summed E-state index contributed by atoms with van der Waals surface area (Å²) >= 11 is 0. The first-order chi connectivity index (χ1) is 17.7. The van der Waals surface area contributed by atoms with Crippen molar-refractivity contribution in [2.45, 2.75) is 77.4 Å². The van der Waals surface area contributed by atoms with E-state index in [9.17, 15) is 35.4 Å². The number of phenols is 3. The molecule has 3 aromatic rings. The standard InChI is InChI=1S/C29H38O9/c1-16(15-30)7-8-17-20(31)14-22-23(24(17)32)25(33)19-13-21(37-5)18(26(34)27(19)38-22)9-12-29(4,36)11-6-10-28(2,3)35/h7,13-14,30-32,34-36H,6,8-12,15H2,1-5H3. The first kappa shape index (κ1) is 29.3. The molecule has 0 saturated carbocycles. The topological polar surface area (TPSA) is 161 Å². The number of hydrogen-bond donors (Lipinski definition) is 6. The molecule has 0 aliphatic rings. The number of benzene rings is 2. The van der Waals surface area contributed by atoms with Crippen LogP contribution < -0.4 is 10.2 Å². The second-order valence-electron chi connectivity index (χ2n) is 10.9. The molecule has 0 fully saturated rings. The SMILES string of the molecule is COc1cc2c(=O)c3c(O)c(CC=C(C)CO)c(O)cc3oc2c(O)c1CCC(C)(O)CCCC(C)(C)O. The van der Waals surface area contributed by atoms with E-state index in [0.29, 0.717) is 30.4 Å². The molecule has 1 unspecified atom stereocenters. The molecule has 38 heavy (non-hydrogen) atoms. The first-order valence-corrected chi connectivity index (χ1v) is 12.6. The highest BCUT2D eigenvalue weighted by molar-refractivity contribution is 5.97. The quantitative estimate of drug-likeness (QED) is 0.158. The highest BCUT2D eigenvalue weighted by Crippen LogP contribution is 2.41. The second-order valence-corrected chi connectivity index (χ2v) is 10.9. The van der Waals surface area contributed by atoms with Crippen LogP contribution in [0.25, 0.3) is 21.9 Å². The van der Waals surface area contributed by atoms with E-state index in [2.05, 4.69) is 0 Å². The van der Waals surface area contributed by atoms with Crippen molar-refractivity contribution >= 4 is 21.9 Å². The van der Waals surface area contributed by atoms with E-state index < -0.39 is 22.4 Å². The molecular weight excluding hydrogens is 492 g/mol. The number of aromatic hydroxyl groups is 3. The third kappa shape index (κ3) is 6.40. The lowest BCUT2D eigenvalue weighted by molar-refractivity contribution is 0.0240. The molecule has 9 nitrogen and oxygen atoms in total. The van der Waals surface area contributed by atoms with Crippen molar-refractivity contribution in [2.24, 2.45) is 0 Å². The van der Waals surface area contributed by atoms with Crippen LogP contribution in [-0.2, 0) is 12.8 Å². The lowest BCUT2D eigenvalue weighted by Crippen LogP contribution is -2.27. The van der Waals surface area contributed by atoms with Crippen molar-refractivity contribution in [2.75, 3.05) is 13.7 Å². The maximum Gasteiger partial charge on any atom is 0.204 e. The van der Waals surface area contributed by atoms with Crippen LogP contribution in [0.5, 0.6) is 23.0 Å². The zero-order valence-electron chi connectivity index (χ0n) is 22.6. The third-order valence-electron chi connectivity index (χ3n) is 6.89. The van der Waals surface area contributed by atoms with Gasteiger partial charge in [-0.15, -0.1) is 0 Å². The predicted octanol–water partition coefficient (Wildman–Crippen LogP) is 4.18. The minimum Gasteiger partial charge on any atom is -0.507 e. The van der Waals surface area contributed by atoms with E-state index in [1.54, 1.807) is 33.8 Å². The van der Waals surface area contributed by atoms with Crippen LogP contribution in [0.3, 0.4) is 0 Å². The van der Waals surface area contributed by atoms with Gasteiger partial charge in [0, 0.05) is 17.2 Å². The summed E-state index contributed by atoms with van der Waals surface area (Å²) in [6.07, 6.45) is 3.80. The van der Waals surface area contributed by atoms with Crippen molar-refractivity contribution in [3.63, 3.8) is 0 Å². The molecule has 0 spiro atoms. The van der Waals surface area contributed by atoms with E-state index in [-0.39, 0.29) is 70.6 Å². The molecule has 0 saturated heterocycles. The molecule has 0 aliphatic carbocycles. The van der Waals surface area contributed by atoms with Crippen molar-refractivity contribution in [1.29, 1.82) is 0 Å². The van der Waals surface area contributed by atoms with Gasteiger partial charge in [-0.1, -0.05) is 11.6 Å². The van der Waals surface area contributed by atoms with Crippen LogP contribution in [0, 0.1) is 0 Å². The van der Waals surface area contributed by atoms with Gasteiger partial charge in [-0.05, 0) is 72.3 Å². The Morgan fingerprint density at radius 2 is 1.71 bits per heavy atom. The number of allylic oxidation sites excluding steroid dienone is 1. The summed E-state index contributed by atoms with van der Waals surface area (Å²) < 4.78 is 11.3. The number of ether oxygens (including phenoxy) is 1. The van der Waals surface area contributed by atoms with Gasteiger partial charge in [-0.2, -0.15) is 0 Å². The zero-order valence-corrected chi connectivity index (χ0v) is 22.6. The molecule has 3 rings (SSSR count). The van der Waals surface area contributed by atoms with E-state index in [1.165, 1.54) is 19.2 Å². The van der Waals surface area contributed by atoms with Crippen molar-refractivity contribution in [3.05, 3.63) is 45.1 Å². The number of rotatable bonds is 11. The summed E-state index contributed by atoms with van der Waals surface area (Å²) in [5, 5.41) is 62.3. The number of phenolic OH excluding ortho intramolecular Hbond substituents is 3. The number of hydrogen-bond acceptors (Lipinski definition) is 9. The summed E-state index contributed by atoms with van der Waals surface area (Å²) in [6.45, 7) is 6.63. The normalized spacial score (nSPS) is 14.3. The van der Waals surface area contributed by atoms with Gasteiger partial charge in [-0.3, -0.25) is 4.79 Å². The van der Waals surface area contributed by atoms with E-state index in [1.807, 2.05) is 0 Å². The fourth-order valence-corrected chi connectivity index (χ4v) is 4.54. The lowest BCUT2D eigenvalue weighted by atomic mass is 9.89. The maximum absolute atomic E-state index is 13.4. The Bertz CT molecular complexity index is 1410. The second kappa shape index (κ2) is 11.2. The minimum atomic E-state index is -1.07. The largest absolute Gasteiger partial charge is 0.507 e. The van der Waals surface area contributed by atoms with Crippen molar-refractivity contribution in [3.8, 4) is 23.0 Å². The van der Waals surface area contributed by atoms with E-state index in [4.69, 9.17) is 9.15 Å². The number of methoxy groups -OCH3 is 1. The lowest BCUT2D eigenvalue weighted by Gasteiger charge is -2.26. The van der Waals surface area contributed by atoms with Crippen LogP contribution in [0.15, 0.2) is 33.0 Å². The summed E-state index contributed by atoms with van der Waals surface area (Å²) in [6, 6.07) is 2.64. The fraction of sp³-hybridized carbons (Fsp3) is 0.483. The molecule has 6 N–H and O–H groups in total. The van der Waals surface area contributed by atoms with Gasteiger partial charge in [0.1, 0.15) is 28.2 Å². The fourth-order valence-electron chi connectivity index (χ4n) is 4.54. The third-order valence-corrected chi connectivity index (χ3v) is 6.89. The molecule has 2 aromatic carbocycles. The Kier molecular flexibility index (Phi) is 8.65. The molecule has 0 aliphatic heterocycles. The van der Waals surface area contributed by atoms with Gasteiger partial charge in [0.25, 0.3) is 0 Å². The predicted molar refractivity (Wildman–Crippen MR) is 145 cm³/mol. The Hall–Kier alpha value is -3.27. The Morgan fingerprint density at radius 3 is 2.32 bits per heavy atom. The molecule has 0 amide bonds. The van der Waals surface area contributed by atoms with Gasteiger partial charge in [0.15, 0.2) is 11.3 Å². The summed E-state index contributed by atoms with van der Waals surface area (Å²) in [4.78, 5) is 13.4. The Labute approximate surface area is 221 Å². The van der Waals surface area contributed by atoms with Crippen LogP contribution in [0.1, 0.15) is 64.5 Å². The molecule has 1 atom stereocenters. The smallest absolute Gasteiger partial charge is 0.204 e. The van der Waals surface area contributed by atoms with Crippen molar-refractivity contribution in [1.82, 2.24) is 0 Å². The van der Waals surface area contributed by atoms with Crippen LogP contribution in [0.4, 0.5) is 0 Å². The van der Waals surface area contributed by atoms with Crippen molar-refractivity contribution < 1.29 is 39.8 Å². The van der Waals surface area contributed by atoms with Crippen LogP contribution >= 0.6 is 0 Å². The molecule has 0 bridgehead atoms. The first-order valence-electron chi connectivity index (χ1n) is 12.6. The summed E-state index contributed by atoms with van der Waals surface area (Å²) in [7, 11) is 1.40. The molecule has 9 heteroatoms. The highest BCUT2D eigenvalue weighted by Gasteiger charge is 2.26. The molecule has 1 heterocycles. The molecule has 208 valence electrons. The molecule has 0 radical (unpaired) electrons. The number of aliphatic hydroxyl groups excluding tert-OH is 1. The van der Waals surface area contributed by atoms with Gasteiger partial charge in [0.05, 0.1) is 30.3 Å². The van der Waals surface area contributed by atoms with Gasteiger partial charge in [-0.25, -0.2) is 0 Å². The average molecular weight is 531 g/mol. The molecular formula is C29H38O9. The summed E-state index contributed by atoms with van der Waals surface area (Å²) in [5.74, 6) is -0.832. The maximum atomic E-state index is 13.4. The Morgan fingerprint density at radius 1 is 1.03 bits per heavy atom. The Balaban J connectivity index is 2.05. The van der Waals surface area contributed by atoms with Crippen LogP contribution in [-0.4, -0.2) is 55.6 Å². The number of fused-ring (bicyclic) bond motifs is 2. The average Bonchev–Trinajstić information content (AvgIpc) is 2.82. The minimum absolute atomic E-state index is 0.0124.